The van der Waals surface area contributed by atoms with Crippen LogP contribution in [-0.2, 0) is 13.0 Å². The van der Waals surface area contributed by atoms with Crippen molar-refractivity contribution in [2.45, 2.75) is 26.8 Å². The van der Waals surface area contributed by atoms with E-state index in [4.69, 9.17) is 4.98 Å². The summed E-state index contributed by atoms with van der Waals surface area (Å²) in [7, 11) is 1.93. The number of hydrogen-bond donors (Lipinski definition) is 1. The second-order valence-electron chi connectivity index (χ2n) is 4.47. The molecule has 2 aromatic rings. The van der Waals surface area contributed by atoms with Gasteiger partial charge in [-0.25, -0.2) is 9.37 Å². The van der Waals surface area contributed by atoms with Gasteiger partial charge in [-0.1, -0.05) is 24.3 Å². The minimum absolute atomic E-state index is 0.219. The fourth-order valence-electron chi connectivity index (χ4n) is 2.13. The van der Waals surface area contributed by atoms with Crippen LogP contribution in [-0.4, -0.2) is 18.6 Å². The monoisotopic (exact) mass is 293 g/mol. The molecule has 1 heterocycles. The fourth-order valence-corrected chi connectivity index (χ4v) is 3.38. The predicted molar refractivity (Wildman–Crippen MR) is 83.3 cm³/mol. The second kappa shape index (κ2) is 6.81. The van der Waals surface area contributed by atoms with Gasteiger partial charge in [-0.2, -0.15) is 0 Å². The van der Waals surface area contributed by atoms with Crippen LogP contribution in [0.1, 0.15) is 24.4 Å². The molecule has 0 amide bonds. The summed E-state index contributed by atoms with van der Waals surface area (Å²) >= 11 is 1.67. The third-order valence-electron chi connectivity index (χ3n) is 3.11. The van der Waals surface area contributed by atoms with Gasteiger partial charge in [0.25, 0.3) is 0 Å². The maximum Gasteiger partial charge on any atom is 0.190 e. The third-order valence-corrected chi connectivity index (χ3v) is 4.23. The SMILES string of the molecule is CCc1nc(N(CC)c2cccc(F)c2)sc1CNC. The van der Waals surface area contributed by atoms with Crippen LogP contribution in [0.25, 0.3) is 0 Å². The van der Waals surface area contributed by atoms with Crippen LogP contribution in [0, 0.1) is 5.82 Å². The van der Waals surface area contributed by atoms with Crippen molar-refractivity contribution in [3.63, 3.8) is 0 Å². The van der Waals surface area contributed by atoms with Gasteiger partial charge < -0.3 is 10.2 Å². The predicted octanol–water partition coefficient (Wildman–Crippen LogP) is 3.72. The van der Waals surface area contributed by atoms with Gasteiger partial charge >= 0.3 is 0 Å². The quantitative estimate of drug-likeness (QED) is 0.880. The minimum Gasteiger partial charge on any atom is -0.318 e. The molecule has 0 spiro atoms. The zero-order chi connectivity index (χ0) is 14.5. The lowest BCUT2D eigenvalue weighted by Gasteiger charge is -2.19. The largest absolute Gasteiger partial charge is 0.318 e. The molecule has 2 rings (SSSR count). The van der Waals surface area contributed by atoms with Gasteiger partial charge in [-0.3, -0.25) is 0 Å². The standard InChI is InChI=1S/C15H20FN3S/c1-4-13-14(10-17-3)20-15(18-13)19(5-2)12-8-6-7-11(16)9-12/h6-9,17H,4-5,10H2,1-3H3. The number of benzene rings is 1. The van der Waals surface area contributed by atoms with E-state index in [1.807, 2.05) is 18.0 Å². The van der Waals surface area contributed by atoms with E-state index in [1.165, 1.54) is 10.9 Å². The highest BCUT2D eigenvalue weighted by atomic mass is 32.1. The maximum absolute atomic E-state index is 13.4. The Kier molecular flexibility index (Phi) is 5.09. The van der Waals surface area contributed by atoms with Crippen molar-refractivity contribution in [3.8, 4) is 0 Å². The molecule has 0 atom stereocenters. The van der Waals surface area contributed by atoms with E-state index in [0.717, 1.165) is 36.0 Å². The average Bonchev–Trinajstić information content (AvgIpc) is 2.83. The van der Waals surface area contributed by atoms with Crippen LogP contribution in [0.5, 0.6) is 0 Å². The molecule has 0 bridgehead atoms. The topological polar surface area (TPSA) is 28.2 Å². The van der Waals surface area contributed by atoms with Gasteiger partial charge in [0.15, 0.2) is 5.13 Å². The Hall–Kier alpha value is -1.46. The summed E-state index contributed by atoms with van der Waals surface area (Å²) in [6.07, 6.45) is 0.911. The summed E-state index contributed by atoms with van der Waals surface area (Å²) in [4.78, 5) is 8.00. The molecule has 1 aromatic heterocycles. The number of hydrogen-bond acceptors (Lipinski definition) is 4. The van der Waals surface area contributed by atoms with Crippen LogP contribution in [0.4, 0.5) is 15.2 Å². The number of anilines is 2. The molecule has 20 heavy (non-hydrogen) atoms. The van der Waals surface area contributed by atoms with Gasteiger partial charge in [-0.15, -0.1) is 0 Å². The number of nitrogens with zero attached hydrogens (tertiary/aromatic N) is 2. The van der Waals surface area contributed by atoms with Crippen molar-refractivity contribution in [2.75, 3.05) is 18.5 Å². The van der Waals surface area contributed by atoms with E-state index in [9.17, 15) is 4.39 Å². The summed E-state index contributed by atoms with van der Waals surface area (Å²) < 4.78 is 13.4. The third kappa shape index (κ3) is 3.16. The number of aryl methyl sites for hydroxylation is 1. The summed E-state index contributed by atoms with van der Waals surface area (Å²) in [5.41, 5.74) is 1.97. The Morgan fingerprint density at radius 3 is 2.75 bits per heavy atom. The van der Waals surface area contributed by atoms with E-state index < -0.39 is 0 Å². The highest BCUT2D eigenvalue weighted by Gasteiger charge is 2.15. The molecule has 0 fully saturated rings. The first-order valence-electron chi connectivity index (χ1n) is 6.85. The zero-order valence-corrected chi connectivity index (χ0v) is 12.9. The van der Waals surface area contributed by atoms with E-state index in [-0.39, 0.29) is 5.82 Å². The summed E-state index contributed by atoms with van der Waals surface area (Å²) in [6.45, 7) is 5.74. The van der Waals surface area contributed by atoms with Crippen molar-refractivity contribution in [3.05, 3.63) is 40.7 Å². The van der Waals surface area contributed by atoms with Crippen molar-refractivity contribution in [1.82, 2.24) is 10.3 Å². The molecule has 0 unspecified atom stereocenters. The first-order valence-corrected chi connectivity index (χ1v) is 7.67. The lowest BCUT2D eigenvalue weighted by molar-refractivity contribution is 0.627. The molecule has 5 heteroatoms. The van der Waals surface area contributed by atoms with Crippen LogP contribution < -0.4 is 10.2 Å². The molecule has 0 saturated carbocycles. The zero-order valence-electron chi connectivity index (χ0n) is 12.1. The van der Waals surface area contributed by atoms with Crippen molar-refractivity contribution < 1.29 is 4.39 Å². The lowest BCUT2D eigenvalue weighted by Crippen LogP contribution is -2.15. The normalized spacial score (nSPS) is 10.8. The van der Waals surface area contributed by atoms with E-state index in [0.29, 0.717) is 0 Å². The number of nitrogens with one attached hydrogen (secondary N) is 1. The first kappa shape index (κ1) is 14.9. The van der Waals surface area contributed by atoms with Crippen molar-refractivity contribution >= 4 is 22.2 Å². The van der Waals surface area contributed by atoms with Crippen LogP contribution >= 0.6 is 11.3 Å². The van der Waals surface area contributed by atoms with Crippen LogP contribution in [0.15, 0.2) is 24.3 Å². The molecule has 0 saturated heterocycles. The Bertz CT molecular complexity index is 568. The summed E-state index contributed by atoms with van der Waals surface area (Å²) in [5, 5.41) is 4.10. The molecule has 0 aliphatic carbocycles. The Balaban J connectivity index is 2.36. The highest BCUT2D eigenvalue weighted by Crippen LogP contribution is 2.32. The van der Waals surface area contributed by atoms with Gasteiger partial charge in [-0.05, 0) is 38.6 Å². The number of halogens is 1. The molecule has 0 aliphatic heterocycles. The van der Waals surface area contributed by atoms with Gasteiger partial charge in [0, 0.05) is 23.7 Å². The molecular weight excluding hydrogens is 273 g/mol. The van der Waals surface area contributed by atoms with Crippen LogP contribution in [0.3, 0.4) is 0 Å². The van der Waals surface area contributed by atoms with Crippen LogP contribution in [0.2, 0.25) is 0 Å². The molecule has 1 aromatic carbocycles. The Morgan fingerprint density at radius 2 is 2.15 bits per heavy atom. The average molecular weight is 293 g/mol. The van der Waals surface area contributed by atoms with Gasteiger partial charge in [0.2, 0.25) is 0 Å². The van der Waals surface area contributed by atoms with E-state index in [2.05, 4.69) is 19.2 Å². The van der Waals surface area contributed by atoms with Gasteiger partial charge in [0.05, 0.1) is 5.69 Å². The molecule has 0 aliphatic rings. The smallest absolute Gasteiger partial charge is 0.190 e. The Labute approximate surface area is 123 Å². The van der Waals surface area contributed by atoms with Crippen molar-refractivity contribution in [1.29, 1.82) is 0 Å². The molecule has 0 radical (unpaired) electrons. The number of rotatable bonds is 6. The van der Waals surface area contributed by atoms with Crippen molar-refractivity contribution in [2.24, 2.45) is 0 Å². The number of thiazole rings is 1. The first-order chi connectivity index (χ1) is 9.69. The molecule has 1 N–H and O–H groups in total. The Morgan fingerprint density at radius 1 is 1.35 bits per heavy atom. The molecule has 3 nitrogen and oxygen atoms in total. The minimum atomic E-state index is -0.219. The number of aromatic nitrogens is 1. The summed E-state index contributed by atoms with van der Waals surface area (Å²) in [6, 6.07) is 6.66. The fraction of sp³-hybridized carbons (Fsp3) is 0.400. The van der Waals surface area contributed by atoms with Gasteiger partial charge in [0.1, 0.15) is 5.82 Å². The molecule has 108 valence electrons. The molecular formula is C15H20FN3S. The summed E-state index contributed by atoms with van der Waals surface area (Å²) in [5.74, 6) is -0.219. The maximum atomic E-state index is 13.4. The van der Waals surface area contributed by atoms with E-state index >= 15 is 0 Å². The highest BCUT2D eigenvalue weighted by molar-refractivity contribution is 7.15. The second-order valence-corrected chi connectivity index (χ2v) is 5.54. The lowest BCUT2D eigenvalue weighted by atomic mass is 10.3. The van der Waals surface area contributed by atoms with E-state index in [1.54, 1.807) is 23.5 Å².